The van der Waals surface area contributed by atoms with Crippen molar-refractivity contribution in [3.63, 3.8) is 0 Å². The zero-order valence-corrected chi connectivity index (χ0v) is 28.8. The van der Waals surface area contributed by atoms with Crippen LogP contribution in [-0.4, -0.2) is 31.9 Å². The normalized spacial score (nSPS) is 11.6. The van der Waals surface area contributed by atoms with Crippen molar-refractivity contribution < 1.29 is 37.1 Å². The van der Waals surface area contributed by atoms with Gasteiger partial charge in [0.2, 0.25) is 0 Å². The molecular weight excluding hydrogens is 760 g/mol. The Kier molecular flexibility index (Phi) is 11.9. The molecule has 240 valence electrons. The predicted molar refractivity (Wildman–Crippen MR) is 168 cm³/mol. The van der Waals surface area contributed by atoms with Crippen molar-refractivity contribution in [2.45, 2.75) is 59.6 Å². The first-order valence-corrected chi connectivity index (χ1v) is 15.7. The van der Waals surface area contributed by atoms with Crippen LogP contribution in [0.15, 0.2) is 65.8 Å². The van der Waals surface area contributed by atoms with Gasteiger partial charge in [0.15, 0.2) is 0 Å². The molecule has 0 saturated carbocycles. The molecule has 0 unspecified atom stereocenters. The molecule has 3 heterocycles. The van der Waals surface area contributed by atoms with Gasteiger partial charge in [-0.3, -0.25) is 5.10 Å². The Labute approximate surface area is 273 Å². The molecule has 0 radical (unpaired) electrons. The molecular formula is C33H37F3N8Pt. The van der Waals surface area contributed by atoms with Gasteiger partial charge in [0, 0.05) is 0 Å². The minimum absolute atomic E-state index is 0.145. The van der Waals surface area contributed by atoms with Crippen molar-refractivity contribution in [3.8, 4) is 11.9 Å². The molecule has 0 atom stereocenters. The third kappa shape index (κ3) is 7.92. The fraction of sp³-hybridized carbons (Fsp3) is 0.333. The Morgan fingerprint density at radius 2 is 1.60 bits per heavy atom. The quantitative estimate of drug-likeness (QED) is 0.0769. The Balaban J connectivity index is 0.00000271. The van der Waals surface area contributed by atoms with Crippen LogP contribution in [0.5, 0.6) is 0 Å². The van der Waals surface area contributed by atoms with E-state index in [1.165, 1.54) is 0 Å². The van der Waals surface area contributed by atoms with E-state index in [0.717, 1.165) is 33.4 Å². The number of nitrogens with zero attached hydrogens (tertiary/aromatic N) is 8. The first-order valence-electron chi connectivity index (χ1n) is 14.4. The summed E-state index contributed by atoms with van der Waals surface area (Å²) in [7, 11) is 3.64. The average molecular weight is 798 g/mol. The molecule has 45 heavy (non-hydrogen) atoms. The van der Waals surface area contributed by atoms with Gasteiger partial charge in [-0.05, 0) is 0 Å². The van der Waals surface area contributed by atoms with Crippen molar-refractivity contribution in [2.24, 2.45) is 12.1 Å². The molecule has 0 aliphatic rings. The SMILES string of the molecule is CC.CC(C)c1cccc(C(C)C)c1N(c1cccc(-n2[c-]cc(C(F)(F)F)n2)n1)c1cccc(N(C)/N=C(/C#N)[CH]=[Pt])[n+]1C. The van der Waals surface area contributed by atoms with Gasteiger partial charge in [-0.25, -0.2) is 0 Å². The Morgan fingerprint density at radius 1 is 1.02 bits per heavy atom. The van der Waals surface area contributed by atoms with Crippen molar-refractivity contribution >= 4 is 33.3 Å². The second-order valence-corrected chi connectivity index (χ2v) is 11.0. The number of rotatable bonds is 9. The summed E-state index contributed by atoms with van der Waals surface area (Å²) < 4.78 is 44.5. The van der Waals surface area contributed by atoms with E-state index in [0.29, 0.717) is 11.6 Å². The van der Waals surface area contributed by atoms with Crippen LogP contribution >= 0.6 is 0 Å². The molecule has 0 saturated heterocycles. The zero-order valence-electron chi connectivity index (χ0n) is 26.5. The number of aromatic nitrogens is 4. The van der Waals surface area contributed by atoms with Gasteiger partial charge >= 0.3 is 225 Å². The summed E-state index contributed by atoms with van der Waals surface area (Å²) >= 11 is 1.96. The van der Waals surface area contributed by atoms with E-state index < -0.39 is 11.9 Å². The summed E-state index contributed by atoms with van der Waals surface area (Å²) in [6.45, 7) is 12.5. The Bertz CT molecular complexity index is 1680. The maximum absolute atomic E-state index is 13.3. The molecule has 0 aliphatic carbocycles. The van der Waals surface area contributed by atoms with Gasteiger partial charge in [-0.15, -0.1) is 6.07 Å². The maximum atomic E-state index is 13.3. The second kappa shape index (κ2) is 15.2. The number of pyridine rings is 2. The van der Waals surface area contributed by atoms with Gasteiger partial charge in [0.05, 0.1) is 5.69 Å². The number of hydrogen-bond donors (Lipinski definition) is 0. The van der Waals surface area contributed by atoms with E-state index >= 15 is 0 Å². The topological polar surface area (TPSA) is 77.2 Å². The van der Waals surface area contributed by atoms with Crippen molar-refractivity contribution in [1.29, 1.82) is 5.26 Å². The molecule has 0 N–H and O–H groups in total. The summed E-state index contributed by atoms with van der Waals surface area (Å²) in [5, 5.41) is 19.2. The van der Waals surface area contributed by atoms with Crippen LogP contribution < -0.4 is 14.5 Å². The van der Waals surface area contributed by atoms with Crippen LogP contribution in [0.3, 0.4) is 0 Å². The van der Waals surface area contributed by atoms with Crippen molar-refractivity contribution in [3.05, 3.63) is 83.7 Å². The number of anilines is 4. The Morgan fingerprint density at radius 3 is 2.13 bits per heavy atom. The van der Waals surface area contributed by atoms with E-state index in [-0.39, 0.29) is 23.4 Å². The molecule has 12 heteroatoms. The van der Waals surface area contributed by atoms with E-state index in [1.807, 2.05) is 80.0 Å². The molecule has 8 nitrogen and oxygen atoms in total. The summed E-state index contributed by atoms with van der Waals surface area (Å²) in [6, 6.07) is 19.9. The number of nitriles is 1. The summed E-state index contributed by atoms with van der Waals surface area (Å²) in [6.07, 6.45) is -2.05. The molecule has 0 aliphatic heterocycles. The summed E-state index contributed by atoms with van der Waals surface area (Å²) in [5.41, 5.74) is 2.28. The van der Waals surface area contributed by atoms with Gasteiger partial charge < -0.3 is 0 Å². The molecule has 0 fully saturated rings. The van der Waals surface area contributed by atoms with E-state index in [1.54, 1.807) is 28.6 Å². The first kappa shape index (κ1) is 35.3. The third-order valence-corrected chi connectivity index (χ3v) is 7.37. The van der Waals surface area contributed by atoms with Gasteiger partial charge in [-0.1, -0.05) is 20.0 Å². The molecule has 3 aromatic heterocycles. The summed E-state index contributed by atoms with van der Waals surface area (Å²) in [4.78, 5) is 6.82. The molecule has 4 aromatic rings. The fourth-order valence-electron chi connectivity index (χ4n) is 4.70. The van der Waals surface area contributed by atoms with E-state index in [2.05, 4.69) is 62.3 Å². The Hall–Kier alpha value is -4.16. The van der Waals surface area contributed by atoms with Crippen LogP contribution in [0.25, 0.3) is 5.82 Å². The third-order valence-electron chi connectivity index (χ3n) is 6.75. The second-order valence-electron chi connectivity index (χ2n) is 10.4. The van der Waals surface area contributed by atoms with Crippen LogP contribution in [0.2, 0.25) is 0 Å². The molecule has 0 bridgehead atoms. The monoisotopic (exact) mass is 797 g/mol. The standard InChI is InChI=1S/C31H31F3N8.C2H6.Pt/c1-20(2)23-11-8-12-24(21(3)4)30(23)42(29-16-10-15-28(39(29)6)40(7)37-22(5)19-35)27-14-9-13-26(36-27)41-18-17-25(38-41)31(32,33)34;1-2;/h5,8-17,20-21H,1-4,6-7H3;1-2H3;/b37-22+;;. The summed E-state index contributed by atoms with van der Waals surface area (Å²) in [5.74, 6) is 2.35. The fourth-order valence-corrected chi connectivity index (χ4v) is 4.98. The van der Waals surface area contributed by atoms with Crippen LogP contribution in [0, 0.1) is 17.5 Å². The van der Waals surface area contributed by atoms with E-state index in [4.69, 9.17) is 4.98 Å². The number of alkyl halides is 3. The van der Waals surface area contributed by atoms with Crippen LogP contribution in [0.1, 0.15) is 70.2 Å². The van der Waals surface area contributed by atoms with Crippen molar-refractivity contribution in [1.82, 2.24) is 14.8 Å². The van der Waals surface area contributed by atoms with Gasteiger partial charge in [0.1, 0.15) is 0 Å². The zero-order chi connectivity index (χ0) is 33.5. The molecule has 0 spiro atoms. The van der Waals surface area contributed by atoms with E-state index in [9.17, 15) is 18.4 Å². The number of hydrazone groups is 1. The minimum atomic E-state index is -4.60. The number of para-hydroxylation sites is 1. The number of benzene rings is 1. The number of hydrogen-bond acceptors (Lipinski definition) is 6. The first-order chi connectivity index (χ1) is 21.4. The molecule has 0 amide bonds. The van der Waals surface area contributed by atoms with Gasteiger partial charge in [0.25, 0.3) is 0 Å². The van der Waals surface area contributed by atoms with Crippen LogP contribution in [0.4, 0.5) is 36.3 Å². The van der Waals surface area contributed by atoms with Crippen LogP contribution in [-0.2, 0) is 32.6 Å². The predicted octanol–water partition coefficient (Wildman–Crippen LogP) is 7.32. The molecule has 4 rings (SSSR count). The molecule has 1 aromatic carbocycles. The average Bonchev–Trinajstić information content (AvgIpc) is 3.53. The number of halogens is 3. The van der Waals surface area contributed by atoms with Crippen molar-refractivity contribution in [2.75, 3.05) is 17.0 Å². The van der Waals surface area contributed by atoms with Gasteiger partial charge in [-0.2, -0.15) is 13.2 Å².